The first-order chi connectivity index (χ1) is 15.9. The van der Waals surface area contributed by atoms with E-state index in [0.717, 1.165) is 0 Å². The van der Waals surface area contributed by atoms with Crippen molar-refractivity contribution >= 4 is 29.4 Å². The van der Waals surface area contributed by atoms with E-state index in [4.69, 9.17) is 30.9 Å². The number of fused-ring (bicyclic) bond motifs is 1. The topological polar surface area (TPSA) is 118 Å². The summed E-state index contributed by atoms with van der Waals surface area (Å²) in [4.78, 5) is 23.4. The number of carboxylic acid groups (broad SMARTS) is 1. The van der Waals surface area contributed by atoms with Gasteiger partial charge in [0, 0.05) is 34.3 Å². The first-order valence-electron chi connectivity index (χ1n) is 9.88. The molecule has 2 N–H and O–H groups in total. The fraction of sp³-hybridized carbons (Fsp3) is 0.125. The van der Waals surface area contributed by atoms with Crippen LogP contribution in [0, 0.1) is 11.3 Å². The molecule has 166 valence electrons. The number of hydrogen-bond acceptors (Lipinski definition) is 6. The molecule has 3 aromatic rings. The molecular formula is C24H17ClN2O6. The lowest BCUT2D eigenvalue weighted by Gasteiger charge is -2.25. The minimum Gasteiger partial charge on any atom is -0.493 e. The zero-order valence-electron chi connectivity index (χ0n) is 17.1. The number of halogens is 1. The zero-order valence-corrected chi connectivity index (χ0v) is 17.8. The molecular weight excluding hydrogens is 448 g/mol. The maximum Gasteiger partial charge on any atom is 0.506 e. The highest BCUT2D eigenvalue weighted by molar-refractivity contribution is 6.30. The predicted molar refractivity (Wildman–Crippen MR) is 119 cm³/mol. The molecule has 0 aliphatic carbocycles. The number of anilines is 1. The van der Waals surface area contributed by atoms with Crippen LogP contribution in [-0.2, 0) is 4.74 Å². The summed E-state index contributed by atoms with van der Waals surface area (Å²) >= 11 is 5.85. The average Bonchev–Trinajstić information content (AvgIpc) is 2.80. The number of nitrogens with zero attached hydrogens (tertiary/aromatic N) is 1. The highest BCUT2D eigenvalue weighted by Gasteiger charge is 2.27. The minimum absolute atomic E-state index is 0.197. The largest absolute Gasteiger partial charge is 0.506 e. The lowest BCUT2D eigenvalue weighted by Crippen LogP contribution is -2.19. The second kappa shape index (κ2) is 9.51. The zero-order chi connectivity index (χ0) is 23.4. The van der Waals surface area contributed by atoms with Crippen molar-refractivity contribution in [1.82, 2.24) is 0 Å². The smallest absolute Gasteiger partial charge is 0.493 e. The molecule has 1 aliphatic heterocycles. The predicted octanol–water partition coefficient (Wildman–Crippen LogP) is 5.77. The molecule has 0 saturated heterocycles. The summed E-state index contributed by atoms with van der Waals surface area (Å²) in [5.41, 5.74) is 1.70. The number of carbonyl (C=O) groups is 2. The summed E-state index contributed by atoms with van der Waals surface area (Å²) in [6.07, 6.45) is -1.76. The Morgan fingerprint density at radius 2 is 1.85 bits per heavy atom. The fourth-order valence-corrected chi connectivity index (χ4v) is 3.47. The molecule has 0 fully saturated rings. The van der Waals surface area contributed by atoms with Crippen molar-refractivity contribution in [3.63, 3.8) is 0 Å². The summed E-state index contributed by atoms with van der Waals surface area (Å²) in [7, 11) is 0. The van der Waals surface area contributed by atoms with E-state index in [2.05, 4.69) is 5.32 Å². The highest BCUT2D eigenvalue weighted by Crippen LogP contribution is 2.40. The third-order valence-electron chi connectivity index (χ3n) is 4.91. The SMILES string of the molecule is N#Cc1cc2c(cc1Oc1ccc(C(=O)Nc3ccc(Cl)cc3)cc1)OCCC2OC(=O)O. The molecule has 0 aromatic heterocycles. The summed E-state index contributed by atoms with van der Waals surface area (Å²) in [5.74, 6) is 0.739. The van der Waals surface area contributed by atoms with Crippen LogP contribution >= 0.6 is 11.6 Å². The van der Waals surface area contributed by atoms with Gasteiger partial charge < -0.3 is 24.6 Å². The number of benzene rings is 3. The van der Waals surface area contributed by atoms with Gasteiger partial charge in [0.15, 0.2) is 0 Å². The number of carbonyl (C=O) groups excluding carboxylic acids is 1. The molecule has 0 saturated carbocycles. The molecule has 33 heavy (non-hydrogen) atoms. The van der Waals surface area contributed by atoms with E-state index in [0.29, 0.717) is 39.8 Å². The molecule has 3 aromatic carbocycles. The number of ether oxygens (including phenoxy) is 3. The maximum atomic E-state index is 12.4. The van der Waals surface area contributed by atoms with Crippen molar-refractivity contribution < 1.29 is 28.9 Å². The van der Waals surface area contributed by atoms with Crippen molar-refractivity contribution in [1.29, 1.82) is 5.26 Å². The monoisotopic (exact) mass is 464 g/mol. The first kappa shape index (κ1) is 22.0. The van der Waals surface area contributed by atoms with Gasteiger partial charge in [-0.1, -0.05) is 11.6 Å². The third-order valence-corrected chi connectivity index (χ3v) is 5.16. The Balaban J connectivity index is 1.51. The van der Waals surface area contributed by atoms with E-state index in [1.54, 1.807) is 48.5 Å². The van der Waals surface area contributed by atoms with Crippen molar-refractivity contribution in [3.05, 3.63) is 82.4 Å². The van der Waals surface area contributed by atoms with E-state index in [-0.39, 0.29) is 23.8 Å². The van der Waals surface area contributed by atoms with Gasteiger partial charge in [-0.05, 0) is 54.6 Å². The third kappa shape index (κ3) is 5.17. The molecule has 0 bridgehead atoms. The molecule has 0 spiro atoms. The first-order valence-corrected chi connectivity index (χ1v) is 10.3. The van der Waals surface area contributed by atoms with Crippen LogP contribution in [0.5, 0.6) is 17.2 Å². The molecule has 0 radical (unpaired) electrons. The van der Waals surface area contributed by atoms with Gasteiger partial charge in [-0.3, -0.25) is 4.79 Å². The average molecular weight is 465 g/mol. The van der Waals surface area contributed by atoms with E-state index >= 15 is 0 Å². The van der Waals surface area contributed by atoms with Gasteiger partial charge in [0.05, 0.1) is 12.2 Å². The van der Waals surface area contributed by atoms with E-state index in [1.807, 2.05) is 6.07 Å². The Hall–Kier alpha value is -4.22. The van der Waals surface area contributed by atoms with Crippen LogP contribution in [0.15, 0.2) is 60.7 Å². The van der Waals surface area contributed by atoms with Gasteiger partial charge in [0.1, 0.15) is 29.4 Å². The summed E-state index contributed by atoms with van der Waals surface area (Å²) < 4.78 is 16.3. The maximum absolute atomic E-state index is 12.4. The number of hydrogen-bond donors (Lipinski definition) is 2. The van der Waals surface area contributed by atoms with E-state index < -0.39 is 12.3 Å². The Morgan fingerprint density at radius 3 is 2.52 bits per heavy atom. The normalized spacial score (nSPS) is 14.2. The molecule has 1 aliphatic rings. The summed E-state index contributed by atoms with van der Waals surface area (Å²) in [5, 5.41) is 21.8. The van der Waals surface area contributed by atoms with Crippen LogP contribution in [0.1, 0.15) is 34.0 Å². The lowest BCUT2D eigenvalue weighted by molar-refractivity contribution is 0.0326. The van der Waals surface area contributed by atoms with Gasteiger partial charge in [-0.2, -0.15) is 5.26 Å². The van der Waals surface area contributed by atoms with Crippen molar-refractivity contribution in [2.24, 2.45) is 0 Å². The van der Waals surface area contributed by atoms with Crippen LogP contribution in [0.3, 0.4) is 0 Å². The Bertz CT molecular complexity index is 1240. The number of nitrogens with one attached hydrogen (secondary N) is 1. The minimum atomic E-state index is -1.40. The molecule has 1 heterocycles. The standard InChI is InChI=1S/C24H17ClN2O6/c25-16-3-5-17(6-4-16)27-23(28)14-1-7-18(8-2-14)32-21-12-22-19(11-15(21)13-26)20(9-10-31-22)33-24(29)30/h1-8,11-12,20H,9-10H2,(H,27,28)(H,29,30). The van der Waals surface area contributed by atoms with Crippen LogP contribution in [0.4, 0.5) is 10.5 Å². The van der Waals surface area contributed by atoms with Crippen LogP contribution in [0.2, 0.25) is 5.02 Å². The molecule has 1 atom stereocenters. The number of nitriles is 1. The fourth-order valence-electron chi connectivity index (χ4n) is 3.34. The van der Waals surface area contributed by atoms with Gasteiger partial charge in [-0.25, -0.2) is 4.79 Å². The van der Waals surface area contributed by atoms with E-state index in [1.165, 1.54) is 12.1 Å². The molecule has 9 heteroatoms. The molecule has 8 nitrogen and oxygen atoms in total. The van der Waals surface area contributed by atoms with Crippen LogP contribution in [0.25, 0.3) is 0 Å². The number of rotatable bonds is 5. The van der Waals surface area contributed by atoms with Gasteiger partial charge >= 0.3 is 6.16 Å². The van der Waals surface area contributed by atoms with Crippen molar-refractivity contribution in [3.8, 4) is 23.3 Å². The van der Waals surface area contributed by atoms with Crippen molar-refractivity contribution in [2.45, 2.75) is 12.5 Å². The summed E-state index contributed by atoms with van der Waals surface area (Å²) in [6.45, 7) is 0.272. The lowest BCUT2D eigenvalue weighted by atomic mass is 10.00. The van der Waals surface area contributed by atoms with Crippen LogP contribution in [-0.4, -0.2) is 23.8 Å². The van der Waals surface area contributed by atoms with Crippen LogP contribution < -0.4 is 14.8 Å². The van der Waals surface area contributed by atoms with E-state index in [9.17, 15) is 14.9 Å². The van der Waals surface area contributed by atoms with Gasteiger partial charge in [0.2, 0.25) is 0 Å². The second-order valence-electron chi connectivity index (χ2n) is 7.09. The Morgan fingerprint density at radius 1 is 1.12 bits per heavy atom. The Labute approximate surface area is 193 Å². The second-order valence-corrected chi connectivity index (χ2v) is 7.53. The molecule has 4 rings (SSSR count). The molecule has 1 amide bonds. The molecule has 1 unspecified atom stereocenters. The number of amides is 1. The highest BCUT2D eigenvalue weighted by atomic mass is 35.5. The van der Waals surface area contributed by atoms with Crippen molar-refractivity contribution in [2.75, 3.05) is 11.9 Å². The van der Waals surface area contributed by atoms with Gasteiger partial charge in [0.25, 0.3) is 5.91 Å². The van der Waals surface area contributed by atoms with Gasteiger partial charge in [-0.15, -0.1) is 0 Å². The Kier molecular flexibility index (Phi) is 6.33. The quantitative estimate of drug-likeness (QED) is 0.460. The summed E-state index contributed by atoms with van der Waals surface area (Å²) in [6, 6.07) is 18.2.